The molecule has 0 aromatic carbocycles. The number of piperidine rings is 1. The molecule has 0 aliphatic carbocycles. The maximum atomic E-state index is 12.4. The minimum absolute atomic E-state index is 0.170. The van der Waals surface area contributed by atoms with Crippen LogP contribution in [0.4, 0.5) is 8.78 Å². The molecular formula is C9H17F2NO. The lowest BCUT2D eigenvalue weighted by atomic mass is 10.1. The van der Waals surface area contributed by atoms with Crippen molar-refractivity contribution < 1.29 is 13.5 Å². The predicted octanol–water partition coefficient (Wildman–Crippen LogP) is 1.80. The van der Waals surface area contributed by atoms with E-state index in [1.54, 1.807) is 0 Å². The molecule has 1 rings (SSSR count). The molecule has 1 N–H and O–H groups in total. The molecule has 1 heterocycles. The Morgan fingerprint density at radius 2 is 2.00 bits per heavy atom. The number of halogens is 2. The van der Waals surface area contributed by atoms with Gasteiger partial charge < -0.3 is 10.1 Å². The molecular weight excluding hydrogens is 176 g/mol. The van der Waals surface area contributed by atoms with Crippen LogP contribution in [0.3, 0.4) is 0 Å². The molecule has 0 saturated carbocycles. The van der Waals surface area contributed by atoms with Crippen LogP contribution >= 0.6 is 0 Å². The zero-order valence-corrected chi connectivity index (χ0v) is 7.98. The summed E-state index contributed by atoms with van der Waals surface area (Å²) >= 11 is 0. The van der Waals surface area contributed by atoms with Gasteiger partial charge >= 0.3 is 0 Å². The van der Waals surface area contributed by atoms with Gasteiger partial charge in [0.1, 0.15) is 0 Å². The molecule has 1 fully saturated rings. The smallest absolute Gasteiger partial charge is 0.247 e. The number of hydrogen-bond donors (Lipinski definition) is 1. The molecule has 2 nitrogen and oxygen atoms in total. The van der Waals surface area contributed by atoms with E-state index >= 15 is 0 Å². The fourth-order valence-electron chi connectivity index (χ4n) is 1.37. The first-order valence-electron chi connectivity index (χ1n) is 4.78. The van der Waals surface area contributed by atoms with Crippen molar-refractivity contribution in [3.8, 4) is 0 Å². The van der Waals surface area contributed by atoms with Crippen LogP contribution < -0.4 is 5.32 Å². The van der Waals surface area contributed by atoms with Gasteiger partial charge in [-0.2, -0.15) is 0 Å². The van der Waals surface area contributed by atoms with E-state index in [1.165, 1.54) is 0 Å². The van der Waals surface area contributed by atoms with E-state index in [2.05, 4.69) is 5.32 Å². The average Bonchev–Trinajstić information content (AvgIpc) is 2.04. The van der Waals surface area contributed by atoms with Crippen LogP contribution in [0.25, 0.3) is 0 Å². The van der Waals surface area contributed by atoms with Gasteiger partial charge in [0, 0.05) is 6.42 Å². The summed E-state index contributed by atoms with van der Waals surface area (Å²) in [5.41, 5.74) is 0. The van der Waals surface area contributed by atoms with Gasteiger partial charge in [0.25, 0.3) is 0 Å². The first-order valence-corrected chi connectivity index (χ1v) is 4.78. The van der Waals surface area contributed by atoms with Crippen molar-refractivity contribution in [2.75, 3.05) is 19.7 Å². The molecule has 0 spiro atoms. The van der Waals surface area contributed by atoms with Gasteiger partial charge in [-0.15, -0.1) is 0 Å². The molecule has 13 heavy (non-hydrogen) atoms. The molecule has 0 aromatic heterocycles. The first kappa shape index (κ1) is 10.9. The molecule has 0 aromatic rings. The summed E-state index contributed by atoms with van der Waals surface area (Å²) in [4.78, 5) is 0. The highest BCUT2D eigenvalue weighted by Gasteiger charge is 2.21. The maximum absolute atomic E-state index is 12.4. The molecule has 1 saturated heterocycles. The fraction of sp³-hybridized carbons (Fsp3) is 1.00. The monoisotopic (exact) mass is 193 g/mol. The molecule has 0 bridgehead atoms. The second kappa shape index (κ2) is 4.86. The SMILES string of the molecule is CC(F)(F)CCOC1CCNCC1. The third-order valence-corrected chi connectivity index (χ3v) is 2.18. The van der Waals surface area contributed by atoms with Crippen LogP contribution in [0.5, 0.6) is 0 Å². The van der Waals surface area contributed by atoms with Crippen LogP contribution in [0, 0.1) is 0 Å². The highest BCUT2D eigenvalue weighted by atomic mass is 19.3. The molecule has 4 heteroatoms. The fourth-order valence-corrected chi connectivity index (χ4v) is 1.37. The average molecular weight is 193 g/mol. The van der Waals surface area contributed by atoms with E-state index in [4.69, 9.17) is 4.74 Å². The normalized spacial score (nSPS) is 20.5. The Morgan fingerprint density at radius 3 is 2.54 bits per heavy atom. The van der Waals surface area contributed by atoms with Crippen molar-refractivity contribution in [2.45, 2.75) is 38.2 Å². The van der Waals surface area contributed by atoms with Gasteiger partial charge in [0.2, 0.25) is 5.92 Å². The molecule has 78 valence electrons. The number of alkyl halides is 2. The Morgan fingerprint density at radius 1 is 1.38 bits per heavy atom. The number of nitrogens with one attached hydrogen (secondary N) is 1. The second-order valence-electron chi connectivity index (χ2n) is 3.64. The topological polar surface area (TPSA) is 21.3 Å². The highest BCUT2D eigenvalue weighted by Crippen LogP contribution is 2.17. The third kappa shape index (κ3) is 5.16. The Balaban J connectivity index is 2.04. The van der Waals surface area contributed by atoms with E-state index in [1.807, 2.05) is 0 Å². The summed E-state index contributed by atoms with van der Waals surface area (Å²) in [5, 5.41) is 3.19. The van der Waals surface area contributed by atoms with Crippen LogP contribution in [-0.4, -0.2) is 31.7 Å². The third-order valence-electron chi connectivity index (χ3n) is 2.18. The van der Waals surface area contributed by atoms with Gasteiger partial charge in [-0.1, -0.05) is 0 Å². The molecule has 0 amide bonds. The highest BCUT2D eigenvalue weighted by molar-refractivity contribution is 4.68. The van der Waals surface area contributed by atoms with Crippen LogP contribution in [-0.2, 0) is 4.74 Å². The van der Waals surface area contributed by atoms with Crippen molar-refractivity contribution >= 4 is 0 Å². The quantitative estimate of drug-likeness (QED) is 0.735. The van der Waals surface area contributed by atoms with E-state index in [9.17, 15) is 8.78 Å². The lowest BCUT2D eigenvalue weighted by molar-refractivity contribution is -0.0395. The zero-order chi connectivity index (χ0) is 9.73. The van der Waals surface area contributed by atoms with E-state index < -0.39 is 5.92 Å². The summed E-state index contributed by atoms with van der Waals surface area (Å²) in [6.45, 7) is 2.98. The van der Waals surface area contributed by atoms with Gasteiger partial charge in [0.15, 0.2) is 0 Å². The molecule has 0 atom stereocenters. The van der Waals surface area contributed by atoms with E-state index in [0.717, 1.165) is 32.9 Å². The van der Waals surface area contributed by atoms with Crippen molar-refractivity contribution in [3.05, 3.63) is 0 Å². The lowest BCUT2D eigenvalue weighted by Crippen LogP contribution is -2.33. The van der Waals surface area contributed by atoms with Gasteiger partial charge in [0.05, 0.1) is 12.7 Å². The maximum Gasteiger partial charge on any atom is 0.247 e. The minimum Gasteiger partial charge on any atom is -0.378 e. The largest absolute Gasteiger partial charge is 0.378 e. The van der Waals surface area contributed by atoms with Crippen molar-refractivity contribution in [1.29, 1.82) is 0 Å². The second-order valence-corrected chi connectivity index (χ2v) is 3.64. The van der Waals surface area contributed by atoms with Gasteiger partial charge in [-0.25, -0.2) is 8.78 Å². The lowest BCUT2D eigenvalue weighted by Gasteiger charge is -2.23. The minimum atomic E-state index is -2.59. The number of rotatable bonds is 4. The Bertz CT molecular complexity index is 141. The standard InChI is InChI=1S/C9H17F2NO/c1-9(10,11)4-7-13-8-2-5-12-6-3-8/h8,12H,2-7H2,1H3. The summed E-state index contributed by atoms with van der Waals surface area (Å²) in [7, 11) is 0. The summed E-state index contributed by atoms with van der Waals surface area (Å²) < 4.78 is 30.1. The van der Waals surface area contributed by atoms with Gasteiger partial charge in [-0.05, 0) is 32.9 Å². The zero-order valence-electron chi connectivity index (χ0n) is 7.98. The van der Waals surface area contributed by atoms with Crippen LogP contribution in [0.2, 0.25) is 0 Å². The van der Waals surface area contributed by atoms with E-state index in [-0.39, 0.29) is 19.1 Å². The summed E-state index contributed by atoms with van der Waals surface area (Å²) in [6.07, 6.45) is 1.89. The van der Waals surface area contributed by atoms with Crippen molar-refractivity contribution in [2.24, 2.45) is 0 Å². The van der Waals surface area contributed by atoms with Crippen molar-refractivity contribution in [1.82, 2.24) is 5.32 Å². The molecule has 0 unspecified atom stereocenters. The van der Waals surface area contributed by atoms with Crippen LogP contribution in [0.15, 0.2) is 0 Å². The summed E-state index contributed by atoms with van der Waals surface area (Å²) in [5.74, 6) is -2.59. The van der Waals surface area contributed by atoms with E-state index in [0.29, 0.717) is 0 Å². The number of hydrogen-bond acceptors (Lipinski definition) is 2. The summed E-state index contributed by atoms with van der Waals surface area (Å²) in [6, 6.07) is 0. The Hall–Kier alpha value is -0.220. The van der Waals surface area contributed by atoms with Gasteiger partial charge in [-0.3, -0.25) is 0 Å². The first-order chi connectivity index (χ1) is 6.08. The number of ether oxygens (including phenoxy) is 1. The van der Waals surface area contributed by atoms with Crippen LogP contribution in [0.1, 0.15) is 26.2 Å². The van der Waals surface area contributed by atoms with Crippen molar-refractivity contribution in [3.63, 3.8) is 0 Å². The Labute approximate surface area is 77.6 Å². The molecule has 1 aliphatic heterocycles. The molecule has 1 aliphatic rings. The Kier molecular flexibility index (Phi) is 4.06. The predicted molar refractivity (Wildman–Crippen MR) is 47.1 cm³/mol. The molecule has 0 radical (unpaired) electrons.